The molecule has 2 atom stereocenters. The van der Waals surface area contributed by atoms with Gasteiger partial charge in [0.1, 0.15) is 18.4 Å². The molecule has 9 heteroatoms. The van der Waals surface area contributed by atoms with Gasteiger partial charge in [0.2, 0.25) is 15.9 Å². The van der Waals surface area contributed by atoms with Gasteiger partial charge in [0.05, 0.1) is 18.0 Å². The number of rotatable bonds is 8. The lowest BCUT2D eigenvalue weighted by Crippen LogP contribution is -2.50. The van der Waals surface area contributed by atoms with Gasteiger partial charge in [0.15, 0.2) is 11.6 Å². The van der Waals surface area contributed by atoms with E-state index >= 15 is 0 Å². The molecule has 2 aromatic rings. The van der Waals surface area contributed by atoms with Crippen molar-refractivity contribution in [1.82, 2.24) is 5.32 Å². The second-order valence-electron chi connectivity index (χ2n) is 6.37. The molecule has 28 heavy (non-hydrogen) atoms. The van der Waals surface area contributed by atoms with Crippen LogP contribution < -0.4 is 14.4 Å². The van der Waals surface area contributed by atoms with E-state index in [4.69, 9.17) is 4.74 Å². The predicted molar refractivity (Wildman–Crippen MR) is 103 cm³/mol. The van der Waals surface area contributed by atoms with Gasteiger partial charge in [0.25, 0.3) is 0 Å². The highest BCUT2D eigenvalue weighted by molar-refractivity contribution is 7.92. The zero-order valence-corrected chi connectivity index (χ0v) is 16.5. The van der Waals surface area contributed by atoms with Crippen LogP contribution in [-0.4, -0.2) is 39.3 Å². The minimum absolute atomic E-state index is 0.141. The average Bonchev–Trinajstić information content (AvgIpc) is 2.62. The molecule has 2 rings (SSSR count). The molecular formula is C19H22F2N2O4S. The van der Waals surface area contributed by atoms with Gasteiger partial charge in [-0.15, -0.1) is 0 Å². The Kier molecular flexibility index (Phi) is 6.95. The number of halogens is 2. The highest BCUT2D eigenvalue weighted by atomic mass is 32.2. The smallest absolute Gasteiger partial charge is 0.243 e. The lowest BCUT2D eigenvalue weighted by Gasteiger charge is -2.29. The summed E-state index contributed by atoms with van der Waals surface area (Å²) in [7, 11) is -3.93. The summed E-state index contributed by atoms with van der Waals surface area (Å²) in [6.07, 6.45) is 0.889. The predicted octanol–water partition coefficient (Wildman–Crippen LogP) is 2.70. The van der Waals surface area contributed by atoms with E-state index in [-0.39, 0.29) is 12.3 Å². The summed E-state index contributed by atoms with van der Waals surface area (Å²) in [6.45, 7) is 3.24. The zero-order chi connectivity index (χ0) is 20.9. The largest absolute Gasteiger partial charge is 0.491 e. The number of nitrogens with one attached hydrogen (secondary N) is 1. The van der Waals surface area contributed by atoms with E-state index < -0.39 is 39.6 Å². The molecule has 6 nitrogen and oxygen atoms in total. The van der Waals surface area contributed by atoms with Gasteiger partial charge >= 0.3 is 0 Å². The first kappa shape index (κ1) is 21.6. The molecule has 0 heterocycles. The van der Waals surface area contributed by atoms with E-state index in [2.05, 4.69) is 5.32 Å². The highest BCUT2D eigenvalue weighted by Gasteiger charge is 2.30. The normalized spacial score (nSPS) is 13.5. The van der Waals surface area contributed by atoms with E-state index in [9.17, 15) is 22.0 Å². The molecule has 0 saturated heterocycles. The second kappa shape index (κ2) is 9.01. The monoisotopic (exact) mass is 412 g/mol. The summed E-state index contributed by atoms with van der Waals surface area (Å²) >= 11 is 0. The number of carbonyl (C=O) groups excluding carboxylic acids is 1. The van der Waals surface area contributed by atoms with E-state index in [1.54, 1.807) is 19.1 Å². The SMILES string of the molecule is CC(COc1ccccc1)NC(=O)C(C)N(c1ccc(F)c(F)c1)S(C)(=O)=O. The molecule has 0 saturated carbocycles. The van der Waals surface area contributed by atoms with Crippen LogP contribution in [0.3, 0.4) is 0 Å². The number of para-hydroxylation sites is 1. The molecule has 1 N–H and O–H groups in total. The number of amides is 1. The highest BCUT2D eigenvalue weighted by Crippen LogP contribution is 2.23. The van der Waals surface area contributed by atoms with Gasteiger partial charge in [-0.2, -0.15) is 0 Å². The first-order chi connectivity index (χ1) is 13.1. The van der Waals surface area contributed by atoms with E-state index in [0.717, 1.165) is 28.8 Å². The lowest BCUT2D eigenvalue weighted by molar-refractivity contribution is -0.122. The van der Waals surface area contributed by atoms with Crippen LogP contribution in [0.2, 0.25) is 0 Å². The van der Waals surface area contributed by atoms with Crippen molar-refractivity contribution >= 4 is 21.6 Å². The molecule has 152 valence electrons. The maximum atomic E-state index is 13.6. The summed E-state index contributed by atoms with van der Waals surface area (Å²) in [4.78, 5) is 12.5. The summed E-state index contributed by atoms with van der Waals surface area (Å²) in [6, 6.07) is 10.1. The van der Waals surface area contributed by atoms with E-state index in [1.165, 1.54) is 6.92 Å². The van der Waals surface area contributed by atoms with Crippen molar-refractivity contribution in [2.45, 2.75) is 25.9 Å². The van der Waals surface area contributed by atoms with Crippen LogP contribution in [0, 0.1) is 11.6 Å². The Morgan fingerprint density at radius 2 is 1.75 bits per heavy atom. The maximum Gasteiger partial charge on any atom is 0.243 e. The Labute approximate surface area is 163 Å². The van der Waals surface area contributed by atoms with Crippen molar-refractivity contribution in [2.75, 3.05) is 17.2 Å². The van der Waals surface area contributed by atoms with Gasteiger partial charge in [-0.1, -0.05) is 18.2 Å². The number of hydrogen-bond acceptors (Lipinski definition) is 4. The molecule has 0 fully saturated rings. The van der Waals surface area contributed by atoms with Gasteiger partial charge in [-0.3, -0.25) is 9.10 Å². The van der Waals surface area contributed by atoms with Crippen molar-refractivity contribution in [3.63, 3.8) is 0 Å². The van der Waals surface area contributed by atoms with Gasteiger partial charge in [-0.05, 0) is 38.1 Å². The standard InChI is InChI=1S/C19H22F2N2O4S/c1-13(12-27-16-7-5-4-6-8-16)22-19(24)14(2)23(28(3,25)26)15-9-10-17(20)18(21)11-15/h4-11,13-14H,12H2,1-3H3,(H,22,24). The van der Waals surface area contributed by atoms with Crippen LogP contribution in [0.5, 0.6) is 5.75 Å². The number of sulfonamides is 1. The molecule has 2 aromatic carbocycles. The fourth-order valence-corrected chi connectivity index (χ4v) is 3.74. The quantitative estimate of drug-likeness (QED) is 0.723. The molecule has 0 radical (unpaired) electrons. The number of nitrogens with zero attached hydrogens (tertiary/aromatic N) is 1. The van der Waals surface area contributed by atoms with Crippen LogP contribution in [0.1, 0.15) is 13.8 Å². The zero-order valence-electron chi connectivity index (χ0n) is 15.7. The summed E-state index contributed by atoms with van der Waals surface area (Å²) < 4.78 is 57.4. The molecule has 0 spiro atoms. The number of anilines is 1. The van der Waals surface area contributed by atoms with Crippen LogP contribution in [-0.2, 0) is 14.8 Å². The van der Waals surface area contributed by atoms with E-state index in [1.807, 2.05) is 18.2 Å². The van der Waals surface area contributed by atoms with Crippen LogP contribution in [0.4, 0.5) is 14.5 Å². The minimum Gasteiger partial charge on any atom is -0.491 e. The summed E-state index contributed by atoms with van der Waals surface area (Å²) in [5.74, 6) is -2.28. The van der Waals surface area contributed by atoms with Gasteiger partial charge in [0, 0.05) is 6.07 Å². The van der Waals surface area contributed by atoms with Crippen molar-refractivity contribution in [1.29, 1.82) is 0 Å². The van der Waals surface area contributed by atoms with Crippen LogP contribution in [0.15, 0.2) is 48.5 Å². The molecular weight excluding hydrogens is 390 g/mol. The van der Waals surface area contributed by atoms with Crippen molar-refractivity contribution in [2.24, 2.45) is 0 Å². The Balaban J connectivity index is 2.09. The molecule has 0 aliphatic carbocycles. The Morgan fingerprint density at radius 3 is 2.32 bits per heavy atom. The minimum atomic E-state index is -3.93. The lowest BCUT2D eigenvalue weighted by atomic mass is 10.2. The third kappa shape index (κ3) is 5.66. The Morgan fingerprint density at radius 1 is 1.11 bits per heavy atom. The third-order valence-corrected chi connectivity index (χ3v) is 5.12. The van der Waals surface area contributed by atoms with Crippen molar-refractivity contribution in [3.8, 4) is 5.75 Å². The third-order valence-electron chi connectivity index (χ3n) is 3.88. The first-order valence-corrected chi connectivity index (χ1v) is 10.4. The molecule has 0 aromatic heterocycles. The fourth-order valence-electron chi connectivity index (χ4n) is 2.57. The van der Waals surface area contributed by atoms with Crippen LogP contribution >= 0.6 is 0 Å². The molecule has 0 aliphatic heterocycles. The average molecular weight is 412 g/mol. The molecule has 0 aliphatic rings. The van der Waals surface area contributed by atoms with E-state index in [0.29, 0.717) is 5.75 Å². The number of hydrogen-bond donors (Lipinski definition) is 1. The van der Waals surface area contributed by atoms with Crippen LogP contribution in [0.25, 0.3) is 0 Å². The second-order valence-corrected chi connectivity index (χ2v) is 8.23. The number of ether oxygens (including phenoxy) is 1. The van der Waals surface area contributed by atoms with Crippen molar-refractivity contribution < 1.29 is 26.7 Å². The molecule has 1 amide bonds. The summed E-state index contributed by atoms with van der Waals surface area (Å²) in [5.41, 5.74) is -0.141. The Bertz CT molecular complexity index is 923. The number of benzene rings is 2. The van der Waals surface area contributed by atoms with Gasteiger partial charge < -0.3 is 10.1 Å². The fraction of sp³-hybridized carbons (Fsp3) is 0.316. The molecule has 0 bridgehead atoms. The maximum absolute atomic E-state index is 13.6. The number of carbonyl (C=O) groups is 1. The summed E-state index contributed by atoms with van der Waals surface area (Å²) in [5, 5.41) is 2.66. The van der Waals surface area contributed by atoms with Crippen molar-refractivity contribution in [3.05, 3.63) is 60.2 Å². The topological polar surface area (TPSA) is 75.7 Å². The molecule has 2 unspecified atom stereocenters. The van der Waals surface area contributed by atoms with Gasteiger partial charge in [-0.25, -0.2) is 17.2 Å². The first-order valence-electron chi connectivity index (χ1n) is 8.52. The Hall–Kier alpha value is -2.68.